The Morgan fingerprint density at radius 1 is 1.00 bits per heavy atom. The van der Waals surface area contributed by atoms with E-state index in [0.717, 1.165) is 5.69 Å². The molecule has 0 aliphatic carbocycles. The van der Waals surface area contributed by atoms with Crippen LogP contribution in [0.25, 0.3) is 0 Å². The predicted molar refractivity (Wildman–Crippen MR) is 76.3 cm³/mol. The molecule has 0 aliphatic rings. The molecule has 20 heavy (non-hydrogen) atoms. The van der Waals surface area contributed by atoms with Gasteiger partial charge in [0, 0.05) is 12.2 Å². The van der Waals surface area contributed by atoms with Crippen LogP contribution in [0.2, 0.25) is 0 Å². The van der Waals surface area contributed by atoms with Crippen LogP contribution in [0, 0.1) is 13.8 Å². The van der Waals surface area contributed by atoms with E-state index in [-0.39, 0.29) is 5.75 Å². The lowest BCUT2D eigenvalue weighted by atomic mass is 10.1. The molecule has 0 bridgehead atoms. The first-order valence-electron chi connectivity index (χ1n) is 6.39. The van der Waals surface area contributed by atoms with Gasteiger partial charge in [-0.15, -0.1) is 0 Å². The number of nitrogens with one attached hydrogen (secondary N) is 1. The largest absolute Gasteiger partial charge is 0.435 e. The number of rotatable bonds is 5. The molecule has 2 rings (SSSR count). The molecule has 2 nitrogen and oxygen atoms in total. The van der Waals surface area contributed by atoms with Crippen molar-refractivity contribution in [1.29, 1.82) is 0 Å². The highest BCUT2D eigenvalue weighted by atomic mass is 19.3. The first-order valence-corrected chi connectivity index (χ1v) is 6.39. The fourth-order valence-electron chi connectivity index (χ4n) is 1.87. The summed E-state index contributed by atoms with van der Waals surface area (Å²) in [6, 6.07) is 12.8. The zero-order valence-electron chi connectivity index (χ0n) is 11.5. The molecule has 0 saturated carbocycles. The van der Waals surface area contributed by atoms with Crippen molar-refractivity contribution in [1.82, 2.24) is 0 Å². The van der Waals surface area contributed by atoms with Gasteiger partial charge in [-0.1, -0.05) is 18.2 Å². The summed E-state index contributed by atoms with van der Waals surface area (Å²) < 4.78 is 28.3. The molecule has 0 fully saturated rings. The van der Waals surface area contributed by atoms with Gasteiger partial charge in [-0.2, -0.15) is 8.78 Å². The number of hydrogen-bond acceptors (Lipinski definition) is 2. The van der Waals surface area contributed by atoms with Crippen molar-refractivity contribution in [2.24, 2.45) is 0 Å². The van der Waals surface area contributed by atoms with E-state index in [1.54, 1.807) is 12.1 Å². The van der Waals surface area contributed by atoms with Crippen molar-refractivity contribution in [2.75, 3.05) is 5.32 Å². The molecular weight excluding hydrogens is 260 g/mol. The van der Waals surface area contributed by atoms with E-state index in [9.17, 15) is 8.78 Å². The maximum absolute atomic E-state index is 12.0. The molecule has 0 spiro atoms. The topological polar surface area (TPSA) is 21.3 Å². The maximum Gasteiger partial charge on any atom is 0.387 e. The SMILES string of the molecule is Cc1ccc(CNc2ccc(OC(F)F)cc2)cc1C. The Kier molecular flexibility index (Phi) is 4.56. The molecule has 0 aliphatic heterocycles. The van der Waals surface area contributed by atoms with Crippen LogP contribution < -0.4 is 10.1 Å². The number of aryl methyl sites for hydroxylation is 2. The van der Waals surface area contributed by atoms with E-state index in [1.807, 2.05) is 0 Å². The Balaban J connectivity index is 1.95. The number of ether oxygens (including phenoxy) is 1. The highest BCUT2D eigenvalue weighted by molar-refractivity contribution is 5.47. The Morgan fingerprint density at radius 2 is 1.70 bits per heavy atom. The lowest BCUT2D eigenvalue weighted by Gasteiger charge is -2.09. The minimum absolute atomic E-state index is 0.164. The van der Waals surface area contributed by atoms with Crippen molar-refractivity contribution >= 4 is 5.69 Å². The van der Waals surface area contributed by atoms with Crippen molar-refractivity contribution in [3.63, 3.8) is 0 Å². The Labute approximate surface area is 117 Å². The van der Waals surface area contributed by atoms with Gasteiger partial charge in [0.2, 0.25) is 0 Å². The summed E-state index contributed by atoms with van der Waals surface area (Å²) in [6.07, 6.45) is 0. The van der Waals surface area contributed by atoms with Crippen LogP contribution in [0.3, 0.4) is 0 Å². The Hall–Kier alpha value is -2.10. The van der Waals surface area contributed by atoms with Gasteiger partial charge in [-0.3, -0.25) is 0 Å². The van der Waals surface area contributed by atoms with Gasteiger partial charge in [0.1, 0.15) is 5.75 Å². The second-order valence-corrected chi connectivity index (χ2v) is 4.68. The molecule has 0 aromatic heterocycles. The van der Waals surface area contributed by atoms with Gasteiger partial charge in [0.25, 0.3) is 0 Å². The van der Waals surface area contributed by atoms with E-state index in [0.29, 0.717) is 6.54 Å². The minimum atomic E-state index is -2.79. The number of benzene rings is 2. The predicted octanol–water partition coefficient (Wildman–Crippen LogP) is 4.52. The Bertz CT molecular complexity index is 567. The van der Waals surface area contributed by atoms with Gasteiger partial charge < -0.3 is 10.1 Å². The van der Waals surface area contributed by atoms with Crippen LogP contribution in [0.4, 0.5) is 14.5 Å². The van der Waals surface area contributed by atoms with Gasteiger partial charge in [0.05, 0.1) is 0 Å². The smallest absolute Gasteiger partial charge is 0.387 e. The molecule has 2 aromatic rings. The highest BCUT2D eigenvalue weighted by Crippen LogP contribution is 2.18. The van der Waals surface area contributed by atoms with Gasteiger partial charge in [-0.05, 0) is 54.8 Å². The van der Waals surface area contributed by atoms with E-state index in [1.165, 1.54) is 28.8 Å². The van der Waals surface area contributed by atoms with Crippen LogP contribution in [-0.2, 0) is 6.54 Å². The monoisotopic (exact) mass is 277 g/mol. The number of hydrogen-bond donors (Lipinski definition) is 1. The summed E-state index contributed by atoms with van der Waals surface area (Å²) in [6.45, 7) is 2.06. The molecule has 1 N–H and O–H groups in total. The molecule has 0 unspecified atom stereocenters. The summed E-state index contributed by atoms with van der Waals surface area (Å²) in [5, 5.41) is 3.25. The van der Waals surface area contributed by atoms with E-state index >= 15 is 0 Å². The third kappa shape index (κ3) is 3.95. The summed E-state index contributed by atoms with van der Waals surface area (Å²) in [5.74, 6) is 0.164. The Morgan fingerprint density at radius 3 is 2.30 bits per heavy atom. The first kappa shape index (κ1) is 14.3. The standard InChI is InChI=1S/C16H17F2NO/c1-11-3-4-13(9-12(11)2)10-19-14-5-7-15(8-6-14)20-16(17)18/h3-9,16,19H,10H2,1-2H3. The number of anilines is 1. The first-order chi connectivity index (χ1) is 9.54. The summed E-state index contributed by atoms with van der Waals surface area (Å²) >= 11 is 0. The summed E-state index contributed by atoms with van der Waals surface area (Å²) in [4.78, 5) is 0. The second kappa shape index (κ2) is 6.37. The fourth-order valence-corrected chi connectivity index (χ4v) is 1.87. The van der Waals surface area contributed by atoms with Crippen LogP contribution in [0.1, 0.15) is 16.7 Å². The highest BCUT2D eigenvalue weighted by Gasteiger charge is 2.03. The molecular formula is C16H17F2NO. The van der Waals surface area contributed by atoms with Crippen LogP contribution in [-0.4, -0.2) is 6.61 Å². The van der Waals surface area contributed by atoms with Crippen molar-refractivity contribution in [3.8, 4) is 5.75 Å². The minimum Gasteiger partial charge on any atom is -0.435 e. The average Bonchev–Trinajstić information content (AvgIpc) is 2.41. The second-order valence-electron chi connectivity index (χ2n) is 4.68. The molecule has 0 atom stereocenters. The lowest BCUT2D eigenvalue weighted by molar-refractivity contribution is -0.0498. The normalized spacial score (nSPS) is 10.7. The number of alkyl halides is 2. The van der Waals surface area contributed by atoms with Crippen molar-refractivity contribution < 1.29 is 13.5 Å². The molecule has 2 aromatic carbocycles. The fraction of sp³-hybridized carbons (Fsp3) is 0.250. The molecule has 0 heterocycles. The quantitative estimate of drug-likeness (QED) is 0.867. The van der Waals surface area contributed by atoms with Crippen molar-refractivity contribution in [3.05, 3.63) is 59.2 Å². The molecule has 4 heteroatoms. The zero-order valence-corrected chi connectivity index (χ0v) is 11.5. The van der Waals surface area contributed by atoms with Gasteiger partial charge in [-0.25, -0.2) is 0 Å². The molecule has 0 amide bonds. The van der Waals surface area contributed by atoms with Gasteiger partial charge >= 0.3 is 6.61 Å². The number of halogens is 2. The van der Waals surface area contributed by atoms with Crippen LogP contribution in [0.5, 0.6) is 5.75 Å². The molecule has 0 radical (unpaired) electrons. The van der Waals surface area contributed by atoms with Crippen LogP contribution in [0.15, 0.2) is 42.5 Å². The lowest BCUT2D eigenvalue weighted by Crippen LogP contribution is -2.02. The summed E-state index contributed by atoms with van der Waals surface area (Å²) in [7, 11) is 0. The molecule has 0 saturated heterocycles. The van der Waals surface area contributed by atoms with Crippen LogP contribution >= 0.6 is 0 Å². The summed E-state index contributed by atoms with van der Waals surface area (Å²) in [5.41, 5.74) is 4.57. The van der Waals surface area contributed by atoms with Gasteiger partial charge in [0.15, 0.2) is 0 Å². The molecule has 106 valence electrons. The maximum atomic E-state index is 12.0. The average molecular weight is 277 g/mol. The third-order valence-corrected chi connectivity index (χ3v) is 3.15. The third-order valence-electron chi connectivity index (χ3n) is 3.15. The zero-order chi connectivity index (χ0) is 14.5. The van der Waals surface area contributed by atoms with E-state index in [4.69, 9.17) is 0 Å². The van der Waals surface area contributed by atoms with E-state index < -0.39 is 6.61 Å². The van der Waals surface area contributed by atoms with Crippen molar-refractivity contribution in [2.45, 2.75) is 27.0 Å². The van der Waals surface area contributed by atoms with E-state index in [2.05, 4.69) is 42.1 Å².